The van der Waals surface area contributed by atoms with Crippen LogP contribution in [0.2, 0.25) is 0 Å². The van der Waals surface area contributed by atoms with Gasteiger partial charge in [0.05, 0.1) is 23.0 Å². The molecule has 1 unspecified atom stereocenters. The Labute approximate surface area is 214 Å². The third-order valence-corrected chi connectivity index (χ3v) is 6.72. The van der Waals surface area contributed by atoms with Gasteiger partial charge in [-0.2, -0.15) is 8.75 Å². The molecule has 4 aromatic rings. The van der Waals surface area contributed by atoms with E-state index >= 15 is 0 Å². The summed E-state index contributed by atoms with van der Waals surface area (Å²) < 4.78 is 32.6. The van der Waals surface area contributed by atoms with Crippen LogP contribution in [0.5, 0.6) is 0 Å². The van der Waals surface area contributed by atoms with Crippen molar-refractivity contribution in [1.82, 2.24) is 19.0 Å². The second kappa shape index (κ2) is 12.0. The van der Waals surface area contributed by atoms with Crippen molar-refractivity contribution in [2.24, 2.45) is 0 Å². The summed E-state index contributed by atoms with van der Waals surface area (Å²) in [4.78, 5) is 17.4. The van der Waals surface area contributed by atoms with E-state index in [-0.39, 0.29) is 28.9 Å². The molecule has 0 fully saturated rings. The number of pyridine rings is 1. The highest BCUT2D eigenvalue weighted by molar-refractivity contribution is 7.81. The van der Waals surface area contributed by atoms with E-state index in [1.165, 1.54) is 0 Å². The van der Waals surface area contributed by atoms with Crippen LogP contribution >= 0.6 is 23.3 Å². The van der Waals surface area contributed by atoms with Gasteiger partial charge in [0.15, 0.2) is 5.82 Å². The summed E-state index contributed by atoms with van der Waals surface area (Å²) in [5.41, 5.74) is 3.49. The van der Waals surface area contributed by atoms with Gasteiger partial charge in [-0.15, -0.1) is 11.6 Å². The van der Waals surface area contributed by atoms with E-state index in [1.54, 1.807) is 24.4 Å². The molecule has 35 heavy (non-hydrogen) atoms. The molecule has 0 aliphatic carbocycles. The maximum absolute atomic E-state index is 13.1. The van der Waals surface area contributed by atoms with Gasteiger partial charge in [-0.25, -0.2) is 8.51 Å². The van der Waals surface area contributed by atoms with Crippen molar-refractivity contribution in [3.8, 4) is 0 Å². The zero-order valence-electron chi connectivity index (χ0n) is 18.5. The van der Waals surface area contributed by atoms with Crippen LogP contribution in [-0.2, 0) is 30.0 Å². The van der Waals surface area contributed by atoms with Gasteiger partial charge >= 0.3 is 0 Å². The first kappa shape index (κ1) is 24.9. The number of aromatic nitrogens is 3. The Morgan fingerprint density at radius 2 is 1.86 bits per heavy atom. The fourth-order valence-corrected chi connectivity index (χ4v) is 4.88. The molecule has 0 spiro atoms. The Bertz CT molecular complexity index is 1310. The van der Waals surface area contributed by atoms with Crippen LogP contribution < -0.4 is 9.62 Å². The van der Waals surface area contributed by atoms with Crippen LogP contribution in [0, 0.1) is 0 Å². The number of benzene rings is 2. The fourth-order valence-electron chi connectivity index (χ4n) is 3.49. The number of carbonyl (C=O) groups excluding carboxylic acids is 1. The Balaban J connectivity index is 1.64. The quantitative estimate of drug-likeness (QED) is 0.232. The van der Waals surface area contributed by atoms with Gasteiger partial charge in [-0.05, 0) is 35.4 Å². The van der Waals surface area contributed by atoms with Crippen molar-refractivity contribution in [2.75, 3.05) is 10.8 Å². The largest absolute Gasteiger partial charge is 0.352 e. The zero-order chi connectivity index (χ0) is 24.6. The predicted octanol–water partition coefficient (Wildman–Crippen LogP) is 4.51. The average molecular weight is 528 g/mol. The van der Waals surface area contributed by atoms with Crippen molar-refractivity contribution in [2.45, 2.75) is 18.7 Å². The molecule has 0 aliphatic rings. The third-order valence-electron chi connectivity index (χ3n) is 5.17. The molecule has 0 saturated heterocycles. The molecule has 0 aliphatic heterocycles. The average Bonchev–Trinajstić information content (AvgIpc) is 3.32. The van der Waals surface area contributed by atoms with Gasteiger partial charge in [0.25, 0.3) is 17.2 Å². The van der Waals surface area contributed by atoms with Crippen molar-refractivity contribution >= 4 is 52.0 Å². The molecule has 0 saturated carbocycles. The number of hydrogen-bond acceptors (Lipinski definition) is 6. The second-order valence-electron chi connectivity index (χ2n) is 7.53. The van der Waals surface area contributed by atoms with E-state index in [0.29, 0.717) is 30.6 Å². The first-order chi connectivity index (χ1) is 17.1. The van der Waals surface area contributed by atoms with Crippen LogP contribution in [0.4, 0.5) is 11.5 Å². The maximum Gasteiger partial charge on any atom is 0.268 e. The molecule has 11 heteroatoms. The molecule has 1 amide bonds. The van der Waals surface area contributed by atoms with E-state index < -0.39 is 11.3 Å². The Kier molecular flexibility index (Phi) is 8.54. The van der Waals surface area contributed by atoms with Gasteiger partial charge in [-0.3, -0.25) is 14.3 Å². The molecule has 0 radical (unpaired) electrons. The number of hydrogen-bond donors (Lipinski definition) is 2. The van der Waals surface area contributed by atoms with Crippen LogP contribution in [0.3, 0.4) is 0 Å². The minimum atomic E-state index is -2.52. The first-order valence-corrected chi connectivity index (χ1v) is 13.0. The Morgan fingerprint density at radius 3 is 2.57 bits per heavy atom. The highest BCUT2D eigenvalue weighted by Crippen LogP contribution is 2.33. The van der Waals surface area contributed by atoms with E-state index in [4.69, 9.17) is 11.6 Å². The summed E-state index contributed by atoms with van der Waals surface area (Å²) >= 11 is 4.46. The number of alkyl halides is 1. The zero-order valence-corrected chi connectivity index (χ0v) is 20.9. The molecular weight excluding hydrogens is 506 g/mol. The molecule has 4 rings (SSSR count). The lowest BCUT2D eigenvalue weighted by Gasteiger charge is -2.22. The van der Waals surface area contributed by atoms with Gasteiger partial charge in [0, 0.05) is 37.2 Å². The molecule has 2 aromatic carbocycles. The summed E-state index contributed by atoms with van der Waals surface area (Å²) in [7, 11) is 0. The third kappa shape index (κ3) is 6.29. The van der Waals surface area contributed by atoms with E-state index in [1.807, 2.05) is 48.5 Å². The van der Waals surface area contributed by atoms with Gasteiger partial charge in [0.1, 0.15) is 5.69 Å². The maximum atomic E-state index is 13.1. The lowest BCUT2D eigenvalue weighted by atomic mass is 10.1. The summed E-state index contributed by atoms with van der Waals surface area (Å²) in [6.45, 7) is 0.353. The summed E-state index contributed by atoms with van der Waals surface area (Å²) in [5.74, 6) is 0.00129. The van der Waals surface area contributed by atoms with E-state index in [0.717, 1.165) is 27.3 Å². The molecule has 2 aromatic heterocycles. The molecule has 8 nitrogen and oxygen atoms in total. The van der Waals surface area contributed by atoms with Crippen LogP contribution in [0.25, 0.3) is 0 Å². The number of nitrogens with zero attached hydrogens (tertiary/aromatic N) is 4. The topological polar surface area (TPSA) is 108 Å². The summed E-state index contributed by atoms with van der Waals surface area (Å²) in [6, 6.07) is 20.2. The SMILES string of the molecule is O=C(NCCc1ccccn1)c1ccc(CCl)cc1N(c1nsnc1Cc1ccccc1)S(=O)O. The summed E-state index contributed by atoms with van der Waals surface area (Å²) in [6.07, 6.45) is 2.67. The van der Waals surface area contributed by atoms with Gasteiger partial charge in [-0.1, -0.05) is 42.5 Å². The number of halogens is 1. The standard InChI is InChI=1S/C24H22ClN5O3S2/c25-16-18-9-10-20(24(31)27-13-11-19-8-4-5-12-26-19)22(15-18)30(35(32)33)23-21(28-34-29-23)14-17-6-2-1-3-7-17/h1-10,12,15H,11,13-14,16H2,(H,27,31)(H,32,33). The monoisotopic (exact) mass is 527 g/mol. The molecule has 0 bridgehead atoms. The van der Waals surface area contributed by atoms with Crippen molar-refractivity contribution < 1.29 is 13.6 Å². The van der Waals surface area contributed by atoms with Gasteiger partial charge in [0.2, 0.25) is 0 Å². The number of nitrogens with one attached hydrogen (secondary N) is 1. The van der Waals surface area contributed by atoms with E-state index in [2.05, 4.69) is 19.0 Å². The number of anilines is 2. The predicted molar refractivity (Wildman–Crippen MR) is 138 cm³/mol. The smallest absolute Gasteiger partial charge is 0.268 e. The highest BCUT2D eigenvalue weighted by atomic mass is 35.5. The second-order valence-corrected chi connectivity index (χ2v) is 9.16. The van der Waals surface area contributed by atoms with Crippen molar-refractivity contribution in [1.29, 1.82) is 0 Å². The molecule has 2 N–H and O–H groups in total. The molecule has 180 valence electrons. The minimum Gasteiger partial charge on any atom is -0.352 e. The lowest BCUT2D eigenvalue weighted by Crippen LogP contribution is -2.29. The molecular formula is C24H22ClN5O3S2. The number of carbonyl (C=O) groups is 1. The highest BCUT2D eigenvalue weighted by Gasteiger charge is 2.27. The van der Waals surface area contributed by atoms with Gasteiger partial charge < -0.3 is 5.32 Å². The number of rotatable bonds is 10. The molecule has 2 heterocycles. The molecule has 1 atom stereocenters. The Hall–Kier alpha value is -3.18. The first-order valence-electron chi connectivity index (χ1n) is 10.7. The fraction of sp³-hybridized carbons (Fsp3) is 0.167. The lowest BCUT2D eigenvalue weighted by molar-refractivity contribution is 0.0955. The minimum absolute atomic E-state index is 0.173. The summed E-state index contributed by atoms with van der Waals surface area (Å²) in [5, 5.41) is 2.87. The van der Waals surface area contributed by atoms with E-state index in [9.17, 15) is 13.6 Å². The van der Waals surface area contributed by atoms with Crippen molar-refractivity contribution in [3.63, 3.8) is 0 Å². The van der Waals surface area contributed by atoms with Crippen LogP contribution in [0.15, 0.2) is 72.9 Å². The van der Waals surface area contributed by atoms with Crippen molar-refractivity contribution in [3.05, 3.63) is 101 Å². The van der Waals surface area contributed by atoms with Crippen LogP contribution in [-0.4, -0.2) is 34.9 Å². The normalized spacial score (nSPS) is 11.7. The van der Waals surface area contributed by atoms with Crippen LogP contribution in [0.1, 0.15) is 32.9 Å². The number of amides is 1. The Morgan fingerprint density at radius 1 is 1.06 bits per heavy atom.